The number of esters is 1. The zero-order valence-electron chi connectivity index (χ0n) is 12.7. The lowest BCUT2D eigenvalue weighted by molar-refractivity contribution is -0.155. The van der Waals surface area contributed by atoms with Crippen molar-refractivity contribution >= 4 is 17.0 Å². The highest BCUT2D eigenvalue weighted by Gasteiger charge is 2.18. The van der Waals surface area contributed by atoms with Crippen LogP contribution in [0, 0.1) is 0 Å². The Morgan fingerprint density at radius 3 is 2.45 bits per heavy atom. The number of carbonyl (C=O) groups excluding carboxylic acids is 1. The number of imidazole rings is 1. The molecule has 0 radical (unpaired) electrons. The van der Waals surface area contributed by atoms with Crippen LogP contribution in [0.2, 0.25) is 0 Å². The monoisotopic (exact) mass is 278 g/mol. The molecule has 0 amide bonds. The summed E-state index contributed by atoms with van der Waals surface area (Å²) in [6.45, 7) is 9.30. The van der Waals surface area contributed by atoms with Crippen LogP contribution in [0.4, 0.5) is 0 Å². The van der Waals surface area contributed by atoms with Crippen LogP contribution >= 0.6 is 0 Å². The molecule has 0 atom stereocenters. The quantitative estimate of drug-likeness (QED) is 0.859. The molecule has 0 aliphatic rings. The molecule has 0 aliphatic carbocycles. The standard InChI is InChI=1S/C13H16N2O3.C2H6/c1-13(2,3)18-11(16)8-15-10-7-5-4-6-9(10)14-12(15)17;1-2/h4-7H,8H2,1-3H3,(H,14,17);1-2H3. The second-order valence-electron chi connectivity index (χ2n) is 5.12. The Bertz CT molecular complexity index is 632. The summed E-state index contributed by atoms with van der Waals surface area (Å²) in [6, 6.07) is 7.23. The largest absolute Gasteiger partial charge is 0.459 e. The Morgan fingerprint density at radius 2 is 1.85 bits per heavy atom. The Hall–Kier alpha value is -2.04. The van der Waals surface area contributed by atoms with Gasteiger partial charge in [-0.3, -0.25) is 9.36 Å². The van der Waals surface area contributed by atoms with Gasteiger partial charge in [-0.05, 0) is 32.9 Å². The van der Waals surface area contributed by atoms with Gasteiger partial charge in [0.1, 0.15) is 12.1 Å². The number of H-pyrrole nitrogens is 1. The molecular weight excluding hydrogens is 256 g/mol. The maximum Gasteiger partial charge on any atom is 0.327 e. The van der Waals surface area contributed by atoms with Crippen molar-refractivity contribution in [2.45, 2.75) is 46.8 Å². The van der Waals surface area contributed by atoms with E-state index in [1.165, 1.54) is 4.57 Å². The zero-order chi connectivity index (χ0) is 15.3. The minimum Gasteiger partial charge on any atom is -0.459 e. The fourth-order valence-electron chi connectivity index (χ4n) is 1.77. The van der Waals surface area contributed by atoms with E-state index in [1.807, 2.05) is 26.0 Å². The predicted molar refractivity (Wildman–Crippen MR) is 79.8 cm³/mol. The van der Waals surface area contributed by atoms with E-state index < -0.39 is 11.6 Å². The lowest BCUT2D eigenvalue weighted by Crippen LogP contribution is -2.29. The second kappa shape index (κ2) is 6.41. The van der Waals surface area contributed by atoms with E-state index in [9.17, 15) is 9.59 Å². The number of para-hydroxylation sites is 2. The molecule has 1 aromatic heterocycles. The van der Waals surface area contributed by atoms with Gasteiger partial charge < -0.3 is 9.72 Å². The summed E-state index contributed by atoms with van der Waals surface area (Å²) < 4.78 is 6.58. The summed E-state index contributed by atoms with van der Waals surface area (Å²) in [5, 5.41) is 0. The Balaban J connectivity index is 0.000000956. The first-order chi connectivity index (χ1) is 9.37. The summed E-state index contributed by atoms with van der Waals surface area (Å²) in [6.07, 6.45) is 0. The van der Waals surface area contributed by atoms with E-state index in [4.69, 9.17) is 4.74 Å². The third-order valence-corrected chi connectivity index (χ3v) is 2.39. The first-order valence-corrected chi connectivity index (χ1v) is 6.76. The fraction of sp³-hybridized carbons (Fsp3) is 0.467. The highest BCUT2D eigenvalue weighted by molar-refractivity contribution is 5.78. The maximum absolute atomic E-state index is 11.7. The highest BCUT2D eigenvalue weighted by atomic mass is 16.6. The van der Waals surface area contributed by atoms with Gasteiger partial charge >= 0.3 is 11.7 Å². The minimum absolute atomic E-state index is 0.0832. The van der Waals surface area contributed by atoms with Gasteiger partial charge in [-0.15, -0.1) is 0 Å². The molecule has 0 bridgehead atoms. The molecule has 2 aromatic rings. The molecule has 20 heavy (non-hydrogen) atoms. The van der Waals surface area contributed by atoms with Gasteiger partial charge in [-0.25, -0.2) is 4.79 Å². The van der Waals surface area contributed by atoms with Gasteiger partial charge in [0.15, 0.2) is 0 Å². The molecule has 1 heterocycles. The molecule has 0 saturated carbocycles. The summed E-state index contributed by atoms with van der Waals surface area (Å²) in [4.78, 5) is 26.2. The number of carbonyl (C=O) groups is 1. The van der Waals surface area contributed by atoms with Crippen LogP contribution in [0.5, 0.6) is 0 Å². The van der Waals surface area contributed by atoms with Crippen molar-refractivity contribution in [2.24, 2.45) is 0 Å². The molecule has 5 nitrogen and oxygen atoms in total. The molecule has 110 valence electrons. The van der Waals surface area contributed by atoms with Crippen LogP contribution in [-0.4, -0.2) is 21.1 Å². The maximum atomic E-state index is 11.7. The van der Waals surface area contributed by atoms with Gasteiger partial charge in [-0.2, -0.15) is 0 Å². The van der Waals surface area contributed by atoms with Gasteiger partial charge in [0.05, 0.1) is 11.0 Å². The van der Waals surface area contributed by atoms with E-state index in [1.54, 1.807) is 32.9 Å². The summed E-state index contributed by atoms with van der Waals surface area (Å²) in [7, 11) is 0. The van der Waals surface area contributed by atoms with Crippen LogP contribution in [0.1, 0.15) is 34.6 Å². The molecule has 0 saturated heterocycles. The van der Waals surface area contributed by atoms with Crippen molar-refractivity contribution in [2.75, 3.05) is 0 Å². The van der Waals surface area contributed by atoms with Gasteiger partial charge in [0.25, 0.3) is 0 Å². The van der Waals surface area contributed by atoms with Crippen molar-refractivity contribution in [3.05, 3.63) is 34.7 Å². The van der Waals surface area contributed by atoms with Crippen molar-refractivity contribution in [3.8, 4) is 0 Å². The van der Waals surface area contributed by atoms with Crippen LogP contribution in [0.25, 0.3) is 11.0 Å². The van der Waals surface area contributed by atoms with Gasteiger partial charge in [0.2, 0.25) is 0 Å². The number of aromatic amines is 1. The van der Waals surface area contributed by atoms with E-state index >= 15 is 0 Å². The molecule has 1 N–H and O–H groups in total. The smallest absolute Gasteiger partial charge is 0.327 e. The Kier molecular flexibility index (Phi) is 5.13. The third kappa shape index (κ3) is 3.98. The summed E-state index contributed by atoms with van der Waals surface area (Å²) in [5.74, 6) is -0.422. The van der Waals surface area contributed by atoms with Crippen LogP contribution in [0.15, 0.2) is 29.1 Å². The molecule has 1 aromatic carbocycles. The van der Waals surface area contributed by atoms with E-state index in [2.05, 4.69) is 4.98 Å². The van der Waals surface area contributed by atoms with Crippen LogP contribution < -0.4 is 5.69 Å². The molecule has 0 aliphatic heterocycles. The number of nitrogens with zero attached hydrogens (tertiary/aromatic N) is 1. The lowest BCUT2D eigenvalue weighted by Gasteiger charge is -2.19. The second-order valence-corrected chi connectivity index (χ2v) is 5.12. The molecule has 0 spiro atoms. The van der Waals surface area contributed by atoms with Crippen LogP contribution in [0.3, 0.4) is 0 Å². The van der Waals surface area contributed by atoms with Crippen LogP contribution in [-0.2, 0) is 16.1 Å². The normalized spacial score (nSPS) is 10.8. The number of hydrogen-bond donors (Lipinski definition) is 1. The summed E-state index contributed by atoms with van der Waals surface area (Å²) in [5.41, 5.74) is 0.564. The van der Waals surface area contributed by atoms with E-state index in [0.29, 0.717) is 11.0 Å². The highest BCUT2D eigenvalue weighted by Crippen LogP contribution is 2.11. The molecule has 0 unspecified atom stereocenters. The Labute approximate surface area is 118 Å². The van der Waals surface area contributed by atoms with E-state index in [0.717, 1.165) is 0 Å². The Morgan fingerprint density at radius 1 is 1.25 bits per heavy atom. The number of hydrogen-bond acceptors (Lipinski definition) is 3. The molecule has 5 heteroatoms. The number of fused-ring (bicyclic) bond motifs is 1. The number of benzene rings is 1. The summed E-state index contributed by atoms with van der Waals surface area (Å²) >= 11 is 0. The topological polar surface area (TPSA) is 64.1 Å². The molecular formula is C15H22N2O3. The molecule has 0 fully saturated rings. The number of aromatic nitrogens is 2. The molecule has 2 rings (SSSR count). The minimum atomic E-state index is -0.549. The third-order valence-electron chi connectivity index (χ3n) is 2.39. The number of ether oxygens (including phenoxy) is 1. The van der Waals surface area contributed by atoms with Gasteiger partial charge in [0, 0.05) is 0 Å². The van der Waals surface area contributed by atoms with Crippen molar-refractivity contribution < 1.29 is 9.53 Å². The fourth-order valence-corrected chi connectivity index (χ4v) is 1.77. The predicted octanol–water partition coefficient (Wildman–Crippen LogP) is 2.70. The SMILES string of the molecule is CC.CC(C)(C)OC(=O)Cn1c(=O)[nH]c2ccccc21. The average Bonchev–Trinajstić information content (AvgIpc) is 2.66. The van der Waals surface area contributed by atoms with Crippen molar-refractivity contribution in [3.63, 3.8) is 0 Å². The van der Waals surface area contributed by atoms with E-state index in [-0.39, 0.29) is 12.2 Å². The average molecular weight is 278 g/mol. The first kappa shape index (κ1) is 16.0. The zero-order valence-corrected chi connectivity index (χ0v) is 12.7. The first-order valence-electron chi connectivity index (χ1n) is 6.76. The number of rotatable bonds is 2. The van der Waals surface area contributed by atoms with Gasteiger partial charge in [-0.1, -0.05) is 26.0 Å². The van der Waals surface area contributed by atoms with Crippen molar-refractivity contribution in [1.82, 2.24) is 9.55 Å². The lowest BCUT2D eigenvalue weighted by atomic mass is 10.2. The number of nitrogens with one attached hydrogen (secondary N) is 1. The van der Waals surface area contributed by atoms with Crippen molar-refractivity contribution in [1.29, 1.82) is 0 Å².